The first-order chi connectivity index (χ1) is 11.1. The summed E-state index contributed by atoms with van der Waals surface area (Å²) in [5.41, 5.74) is 5.66. The molecule has 0 aliphatic heterocycles. The van der Waals surface area contributed by atoms with E-state index < -0.39 is 6.10 Å². The Labute approximate surface area is 142 Å². The molecule has 2 heteroatoms. The number of aliphatic hydroxyl groups excluding tert-OH is 1. The zero-order valence-corrected chi connectivity index (χ0v) is 14.1. The molecule has 3 rings (SSSR count). The fourth-order valence-corrected chi connectivity index (χ4v) is 3.09. The van der Waals surface area contributed by atoms with E-state index in [2.05, 4.69) is 43.3 Å². The molecule has 1 N–H and O–H groups in total. The molecule has 1 aliphatic rings. The number of halogens is 1. The van der Waals surface area contributed by atoms with Gasteiger partial charge in [0.1, 0.15) is 0 Å². The summed E-state index contributed by atoms with van der Waals surface area (Å²) in [5.74, 6) is 0. The third-order valence-electron chi connectivity index (χ3n) is 4.28. The van der Waals surface area contributed by atoms with Crippen LogP contribution in [0, 0.1) is 6.92 Å². The van der Waals surface area contributed by atoms with Gasteiger partial charge in [-0.3, -0.25) is 0 Å². The highest BCUT2D eigenvalue weighted by atomic mass is 35.5. The first-order valence-electron chi connectivity index (χ1n) is 8.03. The van der Waals surface area contributed by atoms with Gasteiger partial charge in [-0.2, -0.15) is 0 Å². The lowest BCUT2D eigenvalue weighted by atomic mass is 9.85. The monoisotopic (exact) mass is 324 g/mol. The van der Waals surface area contributed by atoms with Crippen molar-refractivity contribution >= 4 is 23.8 Å². The average molecular weight is 325 g/mol. The molecule has 2 aromatic carbocycles. The normalized spacial score (nSPS) is 21.8. The molecule has 1 unspecified atom stereocenters. The Morgan fingerprint density at radius 2 is 1.35 bits per heavy atom. The lowest BCUT2D eigenvalue weighted by molar-refractivity contribution is 0.229. The summed E-state index contributed by atoms with van der Waals surface area (Å²) in [5, 5.41) is 11.4. The van der Waals surface area contributed by atoms with Gasteiger partial charge in [-0.15, -0.1) is 0 Å². The highest BCUT2D eigenvalue weighted by Crippen LogP contribution is 2.31. The Hall–Kier alpha value is -1.83. The molecule has 0 bridgehead atoms. The van der Waals surface area contributed by atoms with E-state index in [0.29, 0.717) is 0 Å². The Kier molecular flexibility index (Phi) is 5.00. The van der Waals surface area contributed by atoms with Gasteiger partial charge in [-0.25, -0.2) is 0 Å². The van der Waals surface area contributed by atoms with E-state index >= 15 is 0 Å². The Morgan fingerprint density at radius 3 is 1.87 bits per heavy atom. The molecule has 118 valence electrons. The molecule has 1 fully saturated rings. The number of aliphatic hydroxyl groups is 1. The maximum atomic E-state index is 10.7. The fraction of sp³-hybridized carbons (Fsp3) is 0.238. The molecular formula is C21H21ClO. The average Bonchev–Trinajstić information content (AvgIpc) is 2.55. The van der Waals surface area contributed by atoms with E-state index in [0.717, 1.165) is 46.6 Å². The molecule has 0 amide bonds. The van der Waals surface area contributed by atoms with Crippen molar-refractivity contribution < 1.29 is 5.11 Å². The number of benzene rings is 2. The van der Waals surface area contributed by atoms with Crippen molar-refractivity contribution in [3.63, 3.8) is 0 Å². The number of hydrogen-bond acceptors (Lipinski definition) is 1. The van der Waals surface area contributed by atoms with Crippen molar-refractivity contribution in [3.8, 4) is 0 Å². The molecule has 0 aromatic heterocycles. The van der Waals surface area contributed by atoms with E-state index in [1.165, 1.54) is 5.56 Å². The summed E-state index contributed by atoms with van der Waals surface area (Å²) in [6.45, 7) is 2.08. The van der Waals surface area contributed by atoms with E-state index in [1.807, 2.05) is 24.3 Å². The van der Waals surface area contributed by atoms with Gasteiger partial charge in [-0.1, -0.05) is 65.7 Å². The lowest BCUT2D eigenvalue weighted by Crippen LogP contribution is -2.18. The minimum absolute atomic E-state index is 0.485. The van der Waals surface area contributed by atoms with Gasteiger partial charge in [0, 0.05) is 5.02 Å². The Balaban J connectivity index is 1.84. The largest absolute Gasteiger partial charge is 0.384 e. The molecule has 2 aromatic rings. The topological polar surface area (TPSA) is 20.2 Å². The zero-order valence-electron chi connectivity index (χ0n) is 13.3. The Morgan fingerprint density at radius 1 is 0.870 bits per heavy atom. The molecular weight excluding hydrogens is 304 g/mol. The number of rotatable bonds is 2. The fourth-order valence-electron chi connectivity index (χ4n) is 2.96. The van der Waals surface area contributed by atoms with Crippen molar-refractivity contribution in [2.45, 2.75) is 32.3 Å². The second kappa shape index (κ2) is 7.16. The van der Waals surface area contributed by atoms with Crippen LogP contribution in [0.15, 0.2) is 59.7 Å². The van der Waals surface area contributed by atoms with Crippen molar-refractivity contribution in [2.24, 2.45) is 0 Å². The third-order valence-corrected chi connectivity index (χ3v) is 4.54. The van der Waals surface area contributed by atoms with Gasteiger partial charge in [0.15, 0.2) is 0 Å². The predicted octanol–water partition coefficient (Wildman–Crippen LogP) is 5.66. The van der Waals surface area contributed by atoms with Gasteiger partial charge in [0.25, 0.3) is 0 Å². The Bertz CT molecular complexity index is 660. The van der Waals surface area contributed by atoms with Crippen LogP contribution in [0.2, 0.25) is 5.02 Å². The van der Waals surface area contributed by atoms with E-state index in [9.17, 15) is 5.11 Å². The van der Waals surface area contributed by atoms with E-state index in [4.69, 9.17) is 11.6 Å². The molecule has 0 spiro atoms. The van der Waals surface area contributed by atoms with Crippen molar-refractivity contribution in [1.29, 1.82) is 0 Å². The molecule has 0 heterocycles. The molecule has 23 heavy (non-hydrogen) atoms. The number of aryl methyl sites for hydroxylation is 1. The second-order valence-corrected chi connectivity index (χ2v) is 6.59. The van der Waals surface area contributed by atoms with Crippen LogP contribution < -0.4 is 0 Å². The van der Waals surface area contributed by atoms with Crippen LogP contribution in [0.3, 0.4) is 0 Å². The van der Waals surface area contributed by atoms with E-state index in [-0.39, 0.29) is 0 Å². The molecule has 0 radical (unpaired) electrons. The van der Waals surface area contributed by atoms with Crippen molar-refractivity contribution in [2.75, 3.05) is 0 Å². The first kappa shape index (κ1) is 16.0. The smallest absolute Gasteiger partial charge is 0.0967 e. The standard InChI is InChI=1S/C21H21ClO/c1-15-5-7-16(8-6-15)13-18-3-2-4-19(21(18)23)14-17-9-11-20(22)12-10-17/h5-14,21,23H,2-4H2,1H3/b18-13-,19-14-. The third kappa shape index (κ3) is 4.13. The van der Waals surface area contributed by atoms with Gasteiger partial charge in [0.2, 0.25) is 0 Å². The minimum Gasteiger partial charge on any atom is -0.384 e. The quantitative estimate of drug-likeness (QED) is 0.755. The molecule has 1 aliphatic carbocycles. The van der Waals surface area contributed by atoms with Crippen LogP contribution in [0.25, 0.3) is 12.2 Å². The number of hydrogen-bond donors (Lipinski definition) is 1. The summed E-state index contributed by atoms with van der Waals surface area (Å²) in [4.78, 5) is 0. The van der Waals surface area contributed by atoms with Gasteiger partial charge in [-0.05, 0) is 60.6 Å². The minimum atomic E-state index is -0.485. The van der Waals surface area contributed by atoms with Crippen LogP contribution in [0.1, 0.15) is 36.0 Å². The van der Waals surface area contributed by atoms with Crippen molar-refractivity contribution in [3.05, 3.63) is 81.4 Å². The van der Waals surface area contributed by atoms with E-state index in [1.54, 1.807) is 0 Å². The van der Waals surface area contributed by atoms with Crippen molar-refractivity contribution in [1.82, 2.24) is 0 Å². The molecule has 0 saturated heterocycles. The molecule has 1 atom stereocenters. The summed E-state index contributed by atoms with van der Waals surface area (Å²) >= 11 is 5.93. The van der Waals surface area contributed by atoms with Crippen LogP contribution in [-0.2, 0) is 0 Å². The second-order valence-electron chi connectivity index (χ2n) is 6.16. The first-order valence-corrected chi connectivity index (χ1v) is 8.41. The van der Waals surface area contributed by atoms with Gasteiger partial charge < -0.3 is 5.11 Å². The predicted molar refractivity (Wildman–Crippen MR) is 98.4 cm³/mol. The van der Waals surface area contributed by atoms with Crippen LogP contribution >= 0.6 is 11.6 Å². The van der Waals surface area contributed by atoms with Gasteiger partial charge in [0.05, 0.1) is 6.10 Å². The van der Waals surface area contributed by atoms with Crippen LogP contribution in [-0.4, -0.2) is 11.2 Å². The summed E-state index contributed by atoms with van der Waals surface area (Å²) in [7, 11) is 0. The zero-order chi connectivity index (χ0) is 16.2. The maximum absolute atomic E-state index is 10.7. The maximum Gasteiger partial charge on any atom is 0.0967 e. The van der Waals surface area contributed by atoms with Crippen LogP contribution in [0.4, 0.5) is 0 Å². The lowest BCUT2D eigenvalue weighted by Gasteiger charge is -2.24. The SMILES string of the molecule is Cc1ccc(/C=C2/CCC/C(=C/c3ccc(Cl)cc3)C2O)cc1. The highest BCUT2D eigenvalue weighted by molar-refractivity contribution is 6.30. The highest BCUT2D eigenvalue weighted by Gasteiger charge is 2.21. The van der Waals surface area contributed by atoms with Gasteiger partial charge >= 0.3 is 0 Å². The molecule has 1 saturated carbocycles. The summed E-state index contributed by atoms with van der Waals surface area (Å²) in [6.07, 6.45) is 6.69. The summed E-state index contributed by atoms with van der Waals surface area (Å²) < 4.78 is 0. The van der Waals surface area contributed by atoms with Crippen LogP contribution in [0.5, 0.6) is 0 Å². The summed E-state index contributed by atoms with van der Waals surface area (Å²) in [6, 6.07) is 16.1. The molecule has 1 nitrogen and oxygen atoms in total.